The predicted molar refractivity (Wildman–Crippen MR) is 101 cm³/mol. The molecule has 28 heavy (non-hydrogen) atoms. The summed E-state index contributed by atoms with van der Waals surface area (Å²) >= 11 is 0. The topological polar surface area (TPSA) is 120 Å². The van der Waals surface area contributed by atoms with Crippen LogP contribution >= 0.6 is 0 Å². The van der Waals surface area contributed by atoms with Crippen LogP contribution in [0.1, 0.15) is 22.0 Å². The maximum atomic E-state index is 13.3. The van der Waals surface area contributed by atoms with E-state index in [-0.39, 0.29) is 11.7 Å². The largest absolute Gasteiger partial charge is 0.476 e. The van der Waals surface area contributed by atoms with Gasteiger partial charge in [-0.05, 0) is 24.3 Å². The summed E-state index contributed by atoms with van der Waals surface area (Å²) in [6, 6.07) is 17.7. The lowest BCUT2D eigenvalue weighted by Crippen LogP contribution is -2.24. The number of nitriles is 1. The summed E-state index contributed by atoms with van der Waals surface area (Å²) in [7, 11) is 0. The Morgan fingerprint density at radius 1 is 1.07 bits per heavy atom. The molecule has 0 amide bonds. The third kappa shape index (κ3) is 3.12. The molecule has 0 radical (unpaired) electrons. The van der Waals surface area contributed by atoms with Crippen LogP contribution in [0.5, 0.6) is 5.75 Å². The molecule has 4 aromatic rings. The molecule has 1 atom stereocenters. The summed E-state index contributed by atoms with van der Waals surface area (Å²) in [6.07, 6.45) is 1.70. The Morgan fingerprint density at radius 3 is 2.54 bits per heavy atom. The van der Waals surface area contributed by atoms with Crippen LogP contribution in [0.4, 0.5) is 5.82 Å². The second-order valence-electron chi connectivity index (χ2n) is 5.93. The summed E-state index contributed by atoms with van der Waals surface area (Å²) in [5.74, 6) is 0.218. The second-order valence-corrected chi connectivity index (χ2v) is 5.93. The minimum absolute atomic E-state index is 0.154. The van der Waals surface area contributed by atoms with Gasteiger partial charge in [0.2, 0.25) is 6.10 Å². The van der Waals surface area contributed by atoms with Crippen molar-refractivity contribution in [3.8, 4) is 11.8 Å². The number of carbonyl (C=O) groups excluding carboxylic acids is 1. The Hall–Kier alpha value is -4.25. The first-order valence-electron chi connectivity index (χ1n) is 8.37. The fraction of sp³-hybridized carbons (Fsp3) is 0.0500. The van der Waals surface area contributed by atoms with E-state index in [1.807, 2.05) is 24.3 Å². The Labute approximate surface area is 159 Å². The molecule has 0 aliphatic rings. The highest BCUT2D eigenvalue weighted by atomic mass is 16.5. The van der Waals surface area contributed by atoms with E-state index in [2.05, 4.69) is 15.0 Å². The molecule has 0 aliphatic carbocycles. The number of hydrogen-bond donors (Lipinski definition) is 1. The van der Waals surface area contributed by atoms with Gasteiger partial charge in [-0.1, -0.05) is 30.3 Å². The van der Waals surface area contributed by atoms with Gasteiger partial charge in [0.25, 0.3) is 5.91 Å². The zero-order valence-corrected chi connectivity index (χ0v) is 14.6. The van der Waals surface area contributed by atoms with Gasteiger partial charge < -0.3 is 10.5 Å². The van der Waals surface area contributed by atoms with Gasteiger partial charge in [-0.3, -0.25) is 9.36 Å². The first-order valence-corrected chi connectivity index (χ1v) is 8.37. The average molecular weight is 370 g/mol. The molecule has 8 nitrogen and oxygen atoms in total. The number of nitrogens with two attached hydrogens (primary N) is 1. The molecular weight excluding hydrogens is 356 g/mol. The van der Waals surface area contributed by atoms with Crippen molar-refractivity contribution in [2.75, 3.05) is 5.73 Å². The Kier molecular flexibility index (Phi) is 4.40. The third-order valence-corrected chi connectivity index (χ3v) is 4.17. The summed E-state index contributed by atoms with van der Waals surface area (Å²) in [5, 5.41) is 8.95. The minimum atomic E-state index is -0.953. The molecule has 0 saturated carbocycles. The molecule has 0 spiro atoms. The lowest BCUT2D eigenvalue weighted by molar-refractivity contribution is 0.0706. The van der Waals surface area contributed by atoms with E-state index in [9.17, 15) is 4.79 Å². The Morgan fingerprint density at radius 2 is 1.82 bits per heavy atom. The van der Waals surface area contributed by atoms with Crippen molar-refractivity contribution in [1.82, 2.24) is 19.5 Å². The molecule has 0 aliphatic heterocycles. The summed E-state index contributed by atoms with van der Waals surface area (Å²) in [6.45, 7) is 0. The smallest absolute Gasteiger partial charge is 0.278 e. The summed E-state index contributed by atoms with van der Waals surface area (Å²) in [5.41, 5.74) is 7.74. The van der Waals surface area contributed by atoms with Gasteiger partial charge in [0.1, 0.15) is 23.9 Å². The molecule has 2 aromatic heterocycles. The van der Waals surface area contributed by atoms with E-state index in [0.717, 1.165) is 0 Å². The summed E-state index contributed by atoms with van der Waals surface area (Å²) < 4.78 is 7.28. The number of rotatable bonds is 4. The van der Waals surface area contributed by atoms with Crippen LogP contribution in [-0.2, 0) is 0 Å². The third-order valence-electron chi connectivity index (χ3n) is 4.17. The van der Waals surface area contributed by atoms with E-state index < -0.39 is 6.10 Å². The van der Waals surface area contributed by atoms with Crippen molar-refractivity contribution in [2.45, 2.75) is 6.10 Å². The molecule has 2 N–H and O–H groups in total. The molecule has 0 bridgehead atoms. The molecule has 2 aromatic carbocycles. The number of carbonyl (C=O) groups is 1. The second kappa shape index (κ2) is 7.17. The molecule has 0 fully saturated rings. The monoisotopic (exact) mass is 370 g/mol. The Bertz CT molecular complexity index is 1180. The van der Waals surface area contributed by atoms with Crippen LogP contribution in [0, 0.1) is 11.3 Å². The maximum Gasteiger partial charge on any atom is 0.278 e. The standard InChI is InChI=1S/C20H14N6O2/c21-10-13-6-8-15(9-7-13)28-17(14-4-2-1-3-5-14)20(27)26-12-25-19-16(26)18(22)23-11-24-19/h1-9,11-12,17H,(H2,22,23,24). The molecule has 136 valence electrons. The number of anilines is 1. The van der Waals surface area contributed by atoms with Gasteiger partial charge in [0.05, 0.1) is 11.6 Å². The first kappa shape index (κ1) is 17.2. The Balaban J connectivity index is 1.76. The number of hydrogen-bond acceptors (Lipinski definition) is 7. The normalized spacial score (nSPS) is 11.7. The van der Waals surface area contributed by atoms with E-state index in [1.54, 1.807) is 36.4 Å². The highest BCUT2D eigenvalue weighted by molar-refractivity contribution is 5.96. The molecule has 4 rings (SSSR count). The first-order chi connectivity index (χ1) is 13.7. The van der Waals surface area contributed by atoms with Crippen LogP contribution in [0.2, 0.25) is 0 Å². The highest BCUT2D eigenvalue weighted by Gasteiger charge is 2.27. The number of ether oxygens (including phenoxy) is 1. The molecular formula is C20H14N6O2. The number of fused-ring (bicyclic) bond motifs is 1. The fourth-order valence-corrected chi connectivity index (χ4v) is 2.80. The van der Waals surface area contributed by atoms with Gasteiger partial charge in [0, 0.05) is 5.56 Å². The molecule has 0 saturated heterocycles. The van der Waals surface area contributed by atoms with E-state index in [4.69, 9.17) is 15.7 Å². The maximum absolute atomic E-state index is 13.3. The predicted octanol–water partition coefficient (Wildman–Crippen LogP) is 2.74. The SMILES string of the molecule is N#Cc1ccc(OC(C(=O)n2cnc3ncnc(N)c32)c2ccccc2)cc1. The number of nitrogen functional groups attached to an aromatic ring is 1. The van der Waals surface area contributed by atoms with Gasteiger partial charge in [-0.25, -0.2) is 15.0 Å². The van der Waals surface area contributed by atoms with Crippen molar-refractivity contribution in [3.63, 3.8) is 0 Å². The van der Waals surface area contributed by atoms with Crippen molar-refractivity contribution in [3.05, 3.63) is 78.4 Å². The fourth-order valence-electron chi connectivity index (χ4n) is 2.80. The number of aromatic nitrogens is 4. The lowest BCUT2D eigenvalue weighted by atomic mass is 10.1. The van der Waals surface area contributed by atoms with Crippen molar-refractivity contribution in [2.24, 2.45) is 0 Å². The van der Waals surface area contributed by atoms with Crippen LogP contribution in [-0.4, -0.2) is 25.4 Å². The zero-order chi connectivity index (χ0) is 19.5. The van der Waals surface area contributed by atoms with Gasteiger partial charge >= 0.3 is 0 Å². The van der Waals surface area contributed by atoms with Crippen LogP contribution in [0.25, 0.3) is 11.2 Å². The van der Waals surface area contributed by atoms with Gasteiger partial charge in [-0.15, -0.1) is 0 Å². The van der Waals surface area contributed by atoms with E-state index in [1.165, 1.54) is 17.2 Å². The van der Waals surface area contributed by atoms with Crippen molar-refractivity contribution in [1.29, 1.82) is 5.26 Å². The van der Waals surface area contributed by atoms with Crippen molar-refractivity contribution < 1.29 is 9.53 Å². The highest BCUT2D eigenvalue weighted by Crippen LogP contribution is 2.26. The van der Waals surface area contributed by atoms with E-state index >= 15 is 0 Å². The van der Waals surface area contributed by atoms with Gasteiger partial charge in [0.15, 0.2) is 11.5 Å². The van der Waals surface area contributed by atoms with Gasteiger partial charge in [-0.2, -0.15) is 5.26 Å². The molecule has 8 heteroatoms. The van der Waals surface area contributed by atoms with Crippen LogP contribution in [0.3, 0.4) is 0 Å². The lowest BCUT2D eigenvalue weighted by Gasteiger charge is -2.19. The van der Waals surface area contributed by atoms with Crippen LogP contribution < -0.4 is 10.5 Å². The number of imidazole rings is 1. The molecule has 1 unspecified atom stereocenters. The minimum Gasteiger partial charge on any atom is -0.476 e. The number of benzene rings is 2. The quantitative estimate of drug-likeness (QED) is 0.586. The average Bonchev–Trinajstić information content (AvgIpc) is 3.18. The number of nitrogens with zero attached hydrogens (tertiary/aromatic N) is 5. The van der Waals surface area contributed by atoms with Crippen LogP contribution in [0.15, 0.2) is 67.3 Å². The molecule has 2 heterocycles. The zero-order valence-electron chi connectivity index (χ0n) is 14.6. The summed E-state index contributed by atoms with van der Waals surface area (Å²) in [4.78, 5) is 25.4. The van der Waals surface area contributed by atoms with Crippen molar-refractivity contribution >= 4 is 22.9 Å². The van der Waals surface area contributed by atoms with E-state index in [0.29, 0.717) is 28.0 Å².